The van der Waals surface area contributed by atoms with E-state index in [9.17, 15) is 24.5 Å². The molecule has 11 nitrogen and oxygen atoms in total. The molecule has 0 radical (unpaired) electrons. The van der Waals surface area contributed by atoms with Gasteiger partial charge in [-0.3, -0.25) is 14.9 Å². The number of ether oxygens (including phenoxy) is 2. The van der Waals surface area contributed by atoms with Gasteiger partial charge in [0.1, 0.15) is 28.1 Å². The zero-order valence-corrected chi connectivity index (χ0v) is 16.0. The molecule has 1 amide bonds. The lowest BCUT2D eigenvalue weighted by Gasteiger charge is -2.34. The fourth-order valence-corrected chi connectivity index (χ4v) is 4.03. The quantitative estimate of drug-likeness (QED) is 0.428. The molecule has 1 aromatic carbocycles. The van der Waals surface area contributed by atoms with Crippen molar-refractivity contribution < 1.29 is 28.4 Å². The van der Waals surface area contributed by atoms with Crippen LogP contribution in [0.25, 0.3) is 0 Å². The van der Waals surface area contributed by atoms with Gasteiger partial charge in [-0.25, -0.2) is 9.59 Å². The van der Waals surface area contributed by atoms with Crippen molar-refractivity contribution in [3.63, 3.8) is 0 Å². The fourth-order valence-electron chi connectivity index (χ4n) is 4.03. The second-order valence-electron chi connectivity index (χ2n) is 6.79. The zero-order valence-electron chi connectivity index (χ0n) is 16.0. The van der Waals surface area contributed by atoms with Crippen molar-refractivity contribution in [3.05, 3.63) is 73.1 Å². The number of nitrogens with zero attached hydrogens (tertiary/aromatic N) is 2. The highest BCUT2D eigenvalue weighted by atomic mass is 16.6. The molecule has 3 heterocycles. The zero-order chi connectivity index (χ0) is 22.0. The smallest absolute Gasteiger partial charge is 0.344 e. The number of likely N-dealkylation sites (N-methyl/N-ethyl adjacent to an activating group) is 1. The topological polar surface area (TPSA) is 155 Å². The van der Waals surface area contributed by atoms with Gasteiger partial charge in [-0.05, 0) is 13.0 Å². The summed E-state index contributed by atoms with van der Waals surface area (Å²) in [6.45, 7) is 1.49. The molecule has 1 spiro atoms. The van der Waals surface area contributed by atoms with Crippen molar-refractivity contribution in [1.29, 1.82) is 0 Å². The van der Waals surface area contributed by atoms with Crippen LogP contribution in [0.4, 0.5) is 11.4 Å². The second kappa shape index (κ2) is 6.17. The number of rotatable bonds is 2. The first-order valence-corrected chi connectivity index (χ1v) is 8.63. The maximum Gasteiger partial charge on any atom is 0.344 e. The van der Waals surface area contributed by atoms with E-state index in [4.69, 9.17) is 19.6 Å². The summed E-state index contributed by atoms with van der Waals surface area (Å²) in [5, 5.41) is 11.4. The molecule has 30 heavy (non-hydrogen) atoms. The predicted molar refractivity (Wildman–Crippen MR) is 101 cm³/mol. The number of carbonyl (C=O) groups is 2. The van der Waals surface area contributed by atoms with Crippen LogP contribution in [0.3, 0.4) is 0 Å². The monoisotopic (exact) mass is 413 g/mol. The van der Waals surface area contributed by atoms with Crippen LogP contribution >= 0.6 is 0 Å². The van der Waals surface area contributed by atoms with Gasteiger partial charge in [-0.15, -0.1) is 0 Å². The summed E-state index contributed by atoms with van der Waals surface area (Å²) in [7, 11) is 2.48. The van der Waals surface area contributed by atoms with Crippen molar-refractivity contribution in [3.8, 4) is 5.75 Å². The Morgan fingerprint density at radius 2 is 2.00 bits per heavy atom. The van der Waals surface area contributed by atoms with E-state index in [1.165, 1.54) is 37.1 Å². The average molecular weight is 413 g/mol. The van der Waals surface area contributed by atoms with Crippen LogP contribution < -0.4 is 21.0 Å². The Bertz CT molecular complexity index is 1240. The number of nitro groups is 1. The molecule has 0 saturated heterocycles. The largest absolute Gasteiger partial charge is 0.465 e. The molecule has 0 aliphatic carbocycles. The summed E-state index contributed by atoms with van der Waals surface area (Å²) in [5.74, 6) is -2.13. The van der Waals surface area contributed by atoms with Gasteiger partial charge in [0.15, 0.2) is 0 Å². The number of aryl methyl sites for hydroxylation is 1. The standard InChI is InChI=1S/C19H15N3O8/c1-8-6-12-13(17(24)29-8)19(14(15(20)30-12)16(23)28-3)10-7-9(22(26)27)4-5-11(10)21(2)18(19)25/h4-7H,20H2,1-3H3. The molecular formula is C19H15N3O8. The minimum Gasteiger partial charge on any atom is -0.465 e. The molecule has 0 saturated carbocycles. The maximum absolute atomic E-state index is 13.6. The maximum atomic E-state index is 13.6. The van der Waals surface area contributed by atoms with Gasteiger partial charge >= 0.3 is 11.6 Å². The molecule has 154 valence electrons. The molecular weight excluding hydrogens is 398 g/mol. The molecule has 1 atom stereocenters. The number of anilines is 1. The highest BCUT2D eigenvalue weighted by molar-refractivity contribution is 6.18. The normalized spacial score (nSPS) is 19.4. The summed E-state index contributed by atoms with van der Waals surface area (Å²) in [5.41, 5.74) is 2.11. The lowest BCUT2D eigenvalue weighted by atomic mass is 9.68. The van der Waals surface area contributed by atoms with Crippen LogP contribution in [0.15, 0.2) is 44.9 Å². The first-order valence-electron chi connectivity index (χ1n) is 8.63. The Kier molecular flexibility index (Phi) is 3.95. The first-order chi connectivity index (χ1) is 14.1. The van der Waals surface area contributed by atoms with Crippen LogP contribution in [0.1, 0.15) is 16.9 Å². The van der Waals surface area contributed by atoms with Gasteiger partial charge in [0.25, 0.3) is 5.69 Å². The minimum absolute atomic E-state index is 0.0215. The molecule has 1 unspecified atom stereocenters. The molecule has 2 aliphatic heterocycles. The van der Waals surface area contributed by atoms with E-state index in [0.29, 0.717) is 0 Å². The number of hydrogen-bond donors (Lipinski definition) is 1. The van der Waals surface area contributed by atoms with Crippen LogP contribution in [-0.4, -0.2) is 31.0 Å². The van der Waals surface area contributed by atoms with Crippen molar-refractivity contribution >= 4 is 23.3 Å². The summed E-state index contributed by atoms with van der Waals surface area (Å²) >= 11 is 0. The molecule has 2 aliphatic rings. The van der Waals surface area contributed by atoms with Crippen molar-refractivity contribution in [2.45, 2.75) is 12.3 Å². The van der Waals surface area contributed by atoms with Crippen LogP contribution in [0, 0.1) is 17.0 Å². The Morgan fingerprint density at radius 1 is 1.30 bits per heavy atom. The van der Waals surface area contributed by atoms with Gasteiger partial charge < -0.3 is 24.5 Å². The predicted octanol–water partition coefficient (Wildman–Crippen LogP) is 0.855. The Morgan fingerprint density at radius 3 is 2.63 bits per heavy atom. The number of esters is 1. The van der Waals surface area contributed by atoms with Gasteiger partial charge in [0.05, 0.1) is 12.0 Å². The van der Waals surface area contributed by atoms with Gasteiger partial charge in [-0.1, -0.05) is 0 Å². The van der Waals surface area contributed by atoms with Crippen molar-refractivity contribution in [2.24, 2.45) is 5.73 Å². The highest BCUT2D eigenvalue weighted by Crippen LogP contribution is 2.54. The Labute approximate surface area is 168 Å². The summed E-state index contributed by atoms with van der Waals surface area (Å²) in [6, 6.07) is 5.05. The third kappa shape index (κ3) is 2.22. The van der Waals surface area contributed by atoms with Gasteiger partial charge in [-0.2, -0.15) is 0 Å². The van der Waals surface area contributed by atoms with E-state index in [1.54, 1.807) is 0 Å². The van der Waals surface area contributed by atoms with Crippen molar-refractivity contribution in [1.82, 2.24) is 0 Å². The van der Waals surface area contributed by atoms with E-state index < -0.39 is 39.3 Å². The van der Waals surface area contributed by atoms with E-state index in [-0.39, 0.29) is 34.0 Å². The summed E-state index contributed by atoms with van der Waals surface area (Å²) < 4.78 is 15.5. The SMILES string of the molecule is COC(=O)C1=C(N)Oc2cc(C)oc(=O)c2C12C(=O)N(C)c1ccc([N+](=O)[O-])cc12. The van der Waals surface area contributed by atoms with E-state index >= 15 is 0 Å². The lowest BCUT2D eigenvalue weighted by molar-refractivity contribution is -0.384. The average Bonchev–Trinajstić information content (AvgIpc) is 2.89. The second-order valence-corrected chi connectivity index (χ2v) is 6.79. The van der Waals surface area contributed by atoms with Gasteiger partial charge in [0, 0.05) is 36.5 Å². The number of nitro benzene ring substituents is 1. The third-order valence-corrected chi connectivity index (χ3v) is 5.23. The molecule has 2 N–H and O–H groups in total. The van der Waals surface area contributed by atoms with Crippen LogP contribution in [0.2, 0.25) is 0 Å². The van der Waals surface area contributed by atoms with E-state index in [0.717, 1.165) is 13.2 Å². The minimum atomic E-state index is -2.13. The molecule has 4 rings (SSSR count). The summed E-state index contributed by atoms with van der Waals surface area (Å²) in [4.78, 5) is 51.2. The fraction of sp³-hybridized carbons (Fsp3) is 0.211. The highest BCUT2D eigenvalue weighted by Gasteiger charge is 2.62. The number of hydrogen-bond acceptors (Lipinski definition) is 9. The summed E-state index contributed by atoms with van der Waals surface area (Å²) in [6.07, 6.45) is 0. The van der Waals surface area contributed by atoms with E-state index in [1.807, 2.05) is 0 Å². The Hall–Kier alpha value is -4.15. The Balaban J connectivity index is 2.23. The van der Waals surface area contributed by atoms with Crippen LogP contribution in [-0.2, 0) is 19.7 Å². The number of fused-ring (bicyclic) bond motifs is 4. The lowest BCUT2D eigenvalue weighted by Crippen LogP contribution is -2.50. The third-order valence-electron chi connectivity index (χ3n) is 5.23. The number of benzene rings is 1. The van der Waals surface area contributed by atoms with Crippen molar-refractivity contribution in [2.75, 3.05) is 19.1 Å². The number of nitrogens with two attached hydrogens (primary N) is 1. The van der Waals surface area contributed by atoms with Gasteiger partial charge in [0.2, 0.25) is 11.8 Å². The number of amides is 1. The molecule has 11 heteroatoms. The van der Waals surface area contributed by atoms with E-state index in [2.05, 4.69) is 0 Å². The molecule has 1 aromatic heterocycles. The molecule has 0 fully saturated rings. The molecule has 0 bridgehead atoms. The molecule has 2 aromatic rings. The number of carbonyl (C=O) groups excluding carboxylic acids is 2. The van der Waals surface area contributed by atoms with Crippen LogP contribution in [0.5, 0.6) is 5.75 Å². The first kappa shape index (κ1) is 19.2. The number of methoxy groups -OCH3 is 1. The number of non-ortho nitro benzene ring substituents is 1.